The Labute approximate surface area is 126 Å². The fourth-order valence-electron chi connectivity index (χ4n) is 2.58. The van der Waals surface area contributed by atoms with Gasteiger partial charge in [-0.1, -0.05) is 12.1 Å². The first-order valence-corrected chi connectivity index (χ1v) is 6.96. The predicted octanol–water partition coefficient (Wildman–Crippen LogP) is 2.21. The van der Waals surface area contributed by atoms with Crippen LogP contribution in [-0.2, 0) is 6.54 Å². The smallest absolute Gasteiger partial charge is 0.341 e. The molecule has 3 rings (SSSR count). The Morgan fingerprint density at radius 1 is 1.27 bits per heavy atom. The third-order valence-corrected chi connectivity index (χ3v) is 3.68. The number of aryl methyl sites for hydroxylation is 2. The van der Waals surface area contributed by atoms with Gasteiger partial charge in [-0.3, -0.25) is 14.0 Å². The van der Waals surface area contributed by atoms with Gasteiger partial charge in [0, 0.05) is 18.1 Å². The highest BCUT2D eigenvalue weighted by molar-refractivity contribution is 5.90. The maximum Gasteiger partial charge on any atom is 0.341 e. The van der Waals surface area contributed by atoms with E-state index < -0.39 is 11.5 Å². The monoisotopic (exact) mass is 297 g/mol. The molecule has 0 bridgehead atoms. The highest BCUT2D eigenvalue weighted by Gasteiger charge is 2.18. The van der Waals surface area contributed by atoms with Crippen molar-refractivity contribution >= 4 is 16.9 Å². The summed E-state index contributed by atoms with van der Waals surface area (Å²) in [5.74, 6) is -0.777. The molecule has 0 amide bonds. The van der Waals surface area contributed by atoms with Crippen LogP contribution in [-0.4, -0.2) is 25.4 Å². The third kappa shape index (κ3) is 2.00. The molecule has 0 aliphatic heterocycles. The Kier molecular flexibility index (Phi) is 3.29. The molecule has 6 nitrogen and oxygen atoms in total. The Morgan fingerprint density at radius 2 is 2.00 bits per heavy atom. The number of benzene rings is 1. The summed E-state index contributed by atoms with van der Waals surface area (Å²) in [4.78, 5) is 23.8. The summed E-state index contributed by atoms with van der Waals surface area (Å²) in [6.07, 6.45) is 1.57. The number of carboxylic acids is 1. The number of carbonyl (C=O) groups is 1. The van der Waals surface area contributed by atoms with E-state index in [9.17, 15) is 14.7 Å². The lowest BCUT2D eigenvalue weighted by atomic mass is 10.1. The minimum Gasteiger partial charge on any atom is -0.477 e. The van der Waals surface area contributed by atoms with Gasteiger partial charge >= 0.3 is 5.97 Å². The second-order valence-electron chi connectivity index (χ2n) is 5.01. The lowest BCUT2D eigenvalue weighted by Crippen LogP contribution is -2.26. The molecule has 112 valence electrons. The highest BCUT2D eigenvalue weighted by Crippen LogP contribution is 2.21. The van der Waals surface area contributed by atoms with Crippen molar-refractivity contribution in [1.82, 2.24) is 14.3 Å². The van der Waals surface area contributed by atoms with Gasteiger partial charge in [-0.25, -0.2) is 4.79 Å². The standard InChI is InChI=1S/C16H15N3O3/c1-3-19-12-7-5-4-6-11(12)14(17-19)18-9-8-10(2)13(15(18)20)16(21)22/h4-9H,3H2,1-2H3,(H,21,22). The van der Waals surface area contributed by atoms with E-state index in [0.29, 0.717) is 17.9 Å². The molecule has 0 saturated carbocycles. The largest absolute Gasteiger partial charge is 0.477 e. The summed E-state index contributed by atoms with van der Waals surface area (Å²) in [6.45, 7) is 4.23. The van der Waals surface area contributed by atoms with E-state index in [2.05, 4.69) is 5.10 Å². The minimum absolute atomic E-state index is 0.224. The fraction of sp³-hybridized carbons (Fsp3) is 0.188. The lowest BCUT2D eigenvalue weighted by molar-refractivity contribution is 0.0693. The summed E-state index contributed by atoms with van der Waals surface area (Å²) in [6, 6.07) is 9.18. The second-order valence-corrected chi connectivity index (χ2v) is 5.01. The summed E-state index contributed by atoms with van der Waals surface area (Å²) < 4.78 is 3.09. The van der Waals surface area contributed by atoms with Gasteiger partial charge in [-0.05, 0) is 37.6 Å². The zero-order valence-electron chi connectivity index (χ0n) is 12.3. The number of hydrogen-bond donors (Lipinski definition) is 1. The number of carboxylic acid groups (broad SMARTS) is 1. The van der Waals surface area contributed by atoms with Crippen LogP contribution >= 0.6 is 0 Å². The summed E-state index contributed by atoms with van der Waals surface area (Å²) in [5, 5.41) is 14.5. The number of nitrogens with zero attached hydrogens (tertiary/aromatic N) is 3. The van der Waals surface area contributed by atoms with E-state index in [1.54, 1.807) is 23.9 Å². The normalized spacial score (nSPS) is 11.0. The maximum atomic E-state index is 12.5. The van der Waals surface area contributed by atoms with Crippen molar-refractivity contribution in [2.24, 2.45) is 0 Å². The molecular weight excluding hydrogens is 282 g/mol. The quantitative estimate of drug-likeness (QED) is 0.804. The summed E-state index contributed by atoms with van der Waals surface area (Å²) >= 11 is 0. The van der Waals surface area contributed by atoms with Gasteiger partial charge in [0.2, 0.25) is 0 Å². The first kappa shape index (κ1) is 14.1. The molecule has 0 atom stereocenters. The number of hydrogen-bond acceptors (Lipinski definition) is 3. The van der Waals surface area contributed by atoms with Gasteiger partial charge in [0.25, 0.3) is 5.56 Å². The van der Waals surface area contributed by atoms with Gasteiger partial charge in [0.1, 0.15) is 5.56 Å². The predicted molar refractivity (Wildman–Crippen MR) is 82.7 cm³/mol. The van der Waals surface area contributed by atoms with Crippen molar-refractivity contribution in [2.45, 2.75) is 20.4 Å². The highest BCUT2D eigenvalue weighted by atomic mass is 16.4. The topological polar surface area (TPSA) is 77.1 Å². The zero-order valence-corrected chi connectivity index (χ0v) is 12.3. The van der Waals surface area contributed by atoms with Crippen molar-refractivity contribution in [2.75, 3.05) is 0 Å². The van der Waals surface area contributed by atoms with Crippen LogP contribution in [0.1, 0.15) is 22.8 Å². The van der Waals surface area contributed by atoms with E-state index in [-0.39, 0.29) is 5.56 Å². The van der Waals surface area contributed by atoms with Gasteiger partial charge in [0.15, 0.2) is 5.82 Å². The molecule has 22 heavy (non-hydrogen) atoms. The average Bonchev–Trinajstić information content (AvgIpc) is 2.86. The first-order chi connectivity index (χ1) is 10.5. The molecule has 0 spiro atoms. The molecule has 0 fully saturated rings. The molecule has 0 unspecified atom stereocenters. The van der Waals surface area contributed by atoms with Crippen LogP contribution in [0.3, 0.4) is 0 Å². The molecule has 0 aliphatic rings. The molecule has 0 aliphatic carbocycles. The summed E-state index contributed by atoms with van der Waals surface area (Å²) in [5.41, 5.74) is 0.550. The van der Waals surface area contributed by atoms with Crippen molar-refractivity contribution in [3.63, 3.8) is 0 Å². The van der Waals surface area contributed by atoms with Crippen LogP contribution in [0.4, 0.5) is 0 Å². The number of pyridine rings is 1. The Hall–Kier alpha value is -2.89. The molecular formula is C16H15N3O3. The zero-order chi connectivity index (χ0) is 15.9. The number of aromatic nitrogens is 3. The van der Waals surface area contributed by atoms with E-state index in [1.165, 1.54) is 4.57 Å². The van der Waals surface area contributed by atoms with Crippen LogP contribution in [0, 0.1) is 6.92 Å². The van der Waals surface area contributed by atoms with E-state index in [4.69, 9.17) is 0 Å². The minimum atomic E-state index is -1.23. The average molecular weight is 297 g/mol. The molecule has 2 heterocycles. The van der Waals surface area contributed by atoms with Gasteiger partial charge < -0.3 is 5.11 Å². The van der Waals surface area contributed by atoms with Crippen molar-refractivity contribution in [3.8, 4) is 5.82 Å². The van der Waals surface area contributed by atoms with Crippen molar-refractivity contribution < 1.29 is 9.90 Å². The Morgan fingerprint density at radius 3 is 2.68 bits per heavy atom. The molecule has 2 aromatic heterocycles. The number of aromatic carboxylic acids is 1. The van der Waals surface area contributed by atoms with Crippen LogP contribution < -0.4 is 5.56 Å². The summed E-state index contributed by atoms with van der Waals surface area (Å²) in [7, 11) is 0. The van der Waals surface area contributed by atoms with Crippen LogP contribution in [0.2, 0.25) is 0 Å². The molecule has 1 N–H and O–H groups in total. The number of rotatable bonds is 3. The third-order valence-electron chi connectivity index (χ3n) is 3.68. The molecule has 1 aromatic carbocycles. The molecule has 6 heteroatoms. The molecule has 0 radical (unpaired) electrons. The fourth-order valence-corrected chi connectivity index (χ4v) is 2.58. The van der Waals surface area contributed by atoms with Crippen LogP contribution in [0.5, 0.6) is 0 Å². The van der Waals surface area contributed by atoms with Crippen molar-refractivity contribution in [1.29, 1.82) is 0 Å². The van der Waals surface area contributed by atoms with Crippen LogP contribution in [0.25, 0.3) is 16.7 Å². The Balaban J connectivity index is 2.36. The first-order valence-electron chi connectivity index (χ1n) is 6.96. The Bertz CT molecular complexity index is 937. The molecule has 0 saturated heterocycles. The lowest BCUT2D eigenvalue weighted by Gasteiger charge is -2.06. The van der Waals surface area contributed by atoms with Gasteiger partial charge in [-0.15, -0.1) is 0 Å². The van der Waals surface area contributed by atoms with Crippen LogP contribution in [0.15, 0.2) is 41.3 Å². The SMILES string of the molecule is CCn1nc(-n2ccc(C)c(C(=O)O)c2=O)c2ccccc21. The van der Waals surface area contributed by atoms with Gasteiger partial charge in [0.05, 0.1) is 5.52 Å². The number of fused-ring (bicyclic) bond motifs is 1. The van der Waals surface area contributed by atoms with Gasteiger partial charge in [-0.2, -0.15) is 5.10 Å². The maximum absolute atomic E-state index is 12.5. The van der Waals surface area contributed by atoms with E-state index in [0.717, 1.165) is 10.9 Å². The van der Waals surface area contributed by atoms with E-state index >= 15 is 0 Å². The second kappa shape index (κ2) is 5.14. The number of para-hydroxylation sites is 1. The molecule has 3 aromatic rings. The van der Waals surface area contributed by atoms with Crippen molar-refractivity contribution in [3.05, 3.63) is 58.0 Å². The van der Waals surface area contributed by atoms with E-state index in [1.807, 2.05) is 31.2 Å².